The Labute approximate surface area is 163 Å². The first kappa shape index (κ1) is 20.9. The molecule has 0 radical (unpaired) electrons. The maximum absolute atomic E-state index is 13.4. The van der Waals surface area contributed by atoms with Gasteiger partial charge in [0, 0.05) is 45.2 Å². The lowest BCUT2D eigenvalue weighted by Crippen LogP contribution is -2.23. The fourth-order valence-electron chi connectivity index (χ4n) is 2.98. The monoisotopic (exact) mass is 414 g/mol. The van der Waals surface area contributed by atoms with Gasteiger partial charge in [-0.05, 0) is 24.1 Å². The van der Waals surface area contributed by atoms with Gasteiger partial charge in [0.25, 0.3) is 0 Å². The minimum atomic E-state index is -4.61. The van der Waals surface area contributed by atoms with E-state index >= 15 is 0 Å². The maximum atomic E-state index is 13.4. The third-order valence-corrected chi connectivity index (χ3v) is 6.34. The van der Waals surface area contributed by atoms with Crippen LogP contribution in [-0.2, 0) is 22.4 Å². The van der Waals surface area contributed by atoms with Crippen LogP contribution in [0.25, 0.3) is 11.4 Å². The number of ether oxygens (including phenoxy) is 2. The Balaban J connectivity index is 1.86. The van der Waals surface area contributed by atoms with E-state index in [0.29, 0.717) is 25.4 Å². The first-order chi connectivity index (χ1) is 13.1. The zero-order valence-electron chi connectivity index (χ0n) is 16.3. The Hall–Kier alpha value is -1.78. The van der Waals surface area contributed by atoms with E-state index in [1.807, 2.05) is 6.07 Å². The van der Waals surface area contributed by atoms with Crippen LogP contribution in [0.2, 0.25) is 25.7 Å². The van der Waals surface area contributed by atoms with Crippen LogP contribution in [0.15, 0.2) is 18.5 Å². The highest BCUT2D eigenvalue weighted by molar-refractivity contribution is 6.76. The first-order valence-electron chi connectivity index (χ1n) is 9.26. The quantitative estimate of drug-likeness (QED) is 0.503. The molecule has 1 unspecified atom stereocenters. The van der Waals surface area contributed by atoms with E-state index in [9.17, 15) is 13.2 Å². The Morgan fingerprint density at radius 1 is 1.25 bits per heavy atom. The van der Waals surface area contributed by atoms with Crippen molar-refractivity contribution in [2.75, 3.05) is 19.8 Å². The predicted octanol–water partition coefficient (Wildman–Crippen LogP) is 4.18. The SMILES string of the molecule is C[Si](C)(C)CCOCn1c(-c2cncc(C3CCOC3)c2)nnc1C(F)(F)F. The molecule has 0 aromatic carbocycles. The second kappa shape index (κ2) is 8.30. The molecule has 3 heterocycles. The highest BCUT2D eigenvalue weighted by Crippen LogP contribution is 2.32. The number of halogens is 3. The molecule has 2 aromatic rings. The van der Waals surface area contributed by atoms with Crippen molar-refractivity contribution in [3.05, 3.63) is 29.8 Å². The van der Waals surface area contributed by atoms with E-state index in [1.54, 1.807) is 6.20 Å². The van der Waals surface area contributed by atoms with Gasteiger partial charge in [-0.3, -0.25) is 9.55 Å². The van der Waals surface area contributed by atoms with Crippen LogP contribution < -0.4 is 0 Å². The van der Waals surface area contributed by atoms with E-state index in [-0.39, 0.29) is 18.5 Å². The molecule has 1 atom stereocenters. The Morgan fingerprint density at radius 2 is 2.04 bits per heavy atom. The lowest BCUT2D eigenvalue weighted by atomic mass is 9.99. The number of pyridine rings is 1. The van der Waals surface area contributed by atoms with Gasteiger partial charge < -0.3 is 9.47 Å². The highest BCUT2D eigenvalue weighted by atomic mass is 28.3. The normalized spacial score (nSPS) is 18.0. The standard InChI is InChI=1S/C18H25F3N4O2Si/c1-28(2,3)7-6-27-12-25-16(23-24-17(25)18(19,20)21)15-8-14(9-22-10-15)13-4-5-26-11-13/h8-10,13H,4-7,11-12H2,1-3H3. The van der Waals surface area contributed by atoms with Gasteiger partial charge in [-0.15, -0.1) is 10.2 Å². The number of nitrogens with zero attached hydrogens (tertiary/aromatic N) is 4. The molecule has 28 heavy (non-hydrogen) atoms. The third-order valence-electron chi connectivity index (χ3n) is 4.64. The molecule has 1 fully saturated rings. The molecule has 3 rings (SSSR count). The summed E-state index contributed by atoms with van der Waals surface area (Å²) in [5.74, 6) is -0.766. The second-order valence-corrected chi connectivity index (χ2v) is 13.8. The van der Waals surface area contributed by atoms with Gasteiger partial charge in [0.1, 0.15) is 6.73 Å². The summed E-state index contributed by atoms with van der Waals surface area (Å²) in [5, 5.41) is 7.18. The number of hydrogen-bond acceptors (Lipinski definition) is 5. The molecule has 1 aliphatic rings. The van der Waals surface area contributed by atoms with Crippen LogP contribution >= 0.6 is 0 Å². The molecule has 154 valence electrons. The fraction of sp³-hybridized carbons (Fsp3) is 0.611. The van der Waals surface area contributed by atoms with Gasteiger partial charge in [-0.2, -0.15) is 13.2 Å². The molecule has 10 heteroatoms. The Morgan fingerprint density at radius 3 is 2.68 bits per heavy atom. The Kier molecular flexibility index (Phi) is 6.21. The van der Waals surface area contributed by atoms with Crippen LogP contribution in [0.4, 0.5) is 13.2 Å². The smallest absolute Gasteiger partial charge is 0.381 e. The van der Waals surface area contributed by atoms with Crippen molar-refractivity contribution in [3.8, 4) is 11.4 Å². The molecule has 6 nitrogen and oxygen atoms in total. The molecule has 0 aliphatic carbocycles. The molecular formula is C18H25F3N4O2Si. The van der Waals surface area contributed by atoms with Gasteiger partial charge in [-0.1, -0.05) is 19.6 Å². The molecule has 1 saturated heterocycles. The number of alkyl halides is 3. The van der Waals surface area contributed by atoms with Gasteiger partial charge in [0.05, 0.1) is 6.61 Å². The molecule has 2 aromatic heterocycles. The first-order valence-corrected chi connectivity index (χ1v) is 13.0. The molecule has 0 spiro atoms. The number of aromatic nitrogens is 4. The molecule has 0 amide bonds. The summed E-state index contributed by atoms with van der Waals surface area (Å²) in [6, 6.07) is 2.68. The summed E-state index contributed by atoms with van der Waals surface area (Å²) in [5.41, 5.74) is 1.42. The van der Waals surface area contributed by atoms with Gasteiger partial charge in [-0.25, -0.2) is 0 Å². The third kappa shape index (κ3) is 5.18. The second-order valence-electron chi connectivity index (χ2n) is 8.19. The number of hydrogen-bond donors (Lipinski definition) is 0. The molecule has 1 aliphatic heterocycles. The zero-order chi connectivity index (χ0) is 20.4. The summed E-state index contributed by atoms with van der Waals surface area (Å²) < 4.78 is 52.1. The molecule has 0 saturated carbocycles. The van der Waals surface area contributed by atoms with E-state index in [1.165, 1.54) is 6.20 Å². The van der Waals surface area contributed by atoms with E-state index in [0.717, 1.165) is 22.6 Å². The van der Waals surface area contributed by atoms with E-state index in [4.69, 9.17) is 9.47 Å². The molecule has 0 bridgehead atoms. The summed E-state index contributed by atoms with van der Waals surface area (Å²) in [4.78, 5) is 4.19. The van der Waals surface area contributed by atoms with Crippen molar-refractivity contribution in [1.82, 2.24) is 19.7 Å². The molecule has 0 N–H and O–H groups in total. The maximum Gasteiger partial charge on any atom is 0.451 e. The summed E-state index contributed by atoms with van der Waals surface area (Å²) in [6.07, 6.45) is -0.524. The largest absolute Gasteiger partial charge is 0.451 e. The lowest BCUT2D eigenvalue weighted by molar-refractivity contribution is -0.149. The Bertz CT molecular complexity index is 799. The minimum absolute atomic E-state index is 0.105. The summed E-state index contributed by atoms with van der Waals surface area (Å²) in [6.45, 7) is 7.98. The summed E-state index contributed by atoms with van der Waals surface area (Å²) in [7, 11) is -1.34. The van der Waals surface area contributed by atoms with Crippen LogP contribution in [0, 0.1) is 0 Å². The number of rotatable bonds is 7. The minimum Gasteiger partial charge on any atom is -0.381 e. The van der Waals surface area contributed by atoms with Crippen molar-refractivity contribution in [1.29, 1.82) is 0 Å². The highest BCUT2D eigenvalue weighted by Gasteiger charge is 2.39. The van der Waals surface area contributed by atoms with E-state index in [2.05, 4.69) is 34.8 Å². The fourth-order valence-corrected chi connectivity index (χ4v) is 3.74. The summed E-state index contributed by atoms with van der Waals surface area (Å²) >= 11 is 0. The van der Waals surface area contributed by atoms with Gasteiger partial charge in [0.15, 0.2) is 5.82 Å². The lowest BCUT2D eigenvalue weighted by Gasteiger charge is -2.17. The molecular weight excluding hydrogens is 389 g/mol. The van der Waals surface area contributed by atoms with Crippen LogP contribution in [-0.4, -0.2) is 47.6 Å². The average molecular weight is 415 g/mol. The topological polar surface area (TPSA) is 62.1 Å². The van der Waals surface area contributed by atoms with Gasteiger partial charge in [0.2, 0.25) is 5.82 Å². The van der Waals surface area contributed by atoms with Crippen molar-refractivity contribution >= 4 is 8.07 Å². The van der Waals surface area contributed by atoms with E-state index < -0.39 is 20.1 Å². The van der Waals surface area contributed by atoms with Crippen LogP contribution in [0.3, 0.4) is 0 Å². The van der Waals surface area contributed by atoms with Crippen molar-refractivity contribution < 1.29 is 22.6 Å². The predicted molar refractivity (Wildman–Crippen MR) is 101 cm³/mol. The van der Waals surface area contributed by atoms with Crippen LogP contribution in [0.5, 0.6) is 0 Å². The van der Waals surface area contributed by atoms with Gasteiger partial charge >= 0.3 is 6.18 Å². The van der Waals surface area contributed by atoms with Crippen molar-refractivity contribution in [2.45, 2.75) is 50.9 Å². The van der Waals surface area contributed by atoms with Crippen molar-refractivity contribution in [2.24, 2.45) is 0 Å². The van der Waals surface area contributed by atoms with Crippen molar-refractivity contribution in [3.63, 3.8) is 0 Å². The average Bonchev–Trinajstić information content (AvgIpc) is 3.27. The zero-order valence-corrected chi connectivity index (χ0v) is 17.3. The van der Waals surface area contributed by atoms with Crippen LogP contribution in [0.1, 0.15) is 23.7 Å².